The number of hydrogen-bond acceptors (Lipinski definition) is 1. The molecular weight excluding hydrogens is 200 g/mol. The molecule has 0 saturated carbocycles. The summed E-state index contributed by atoms with van der Waals surface area (Å²) >= 11 is 11.4. The van der Waals surface area contributed by atoms with Gasteiger partial charge in [0.2, 0.25) is 0 Å². The van der Waals surface area contributed by atoms with E-state index in [9.17, 15) is 0 Å². The first kappa shape index (κ1) is 9.12. The van der Waals surface area contributed by atoms with E-state index in [1.54, 1.807) is 0 Å². The highest BCUT2D eigenvalue weighted by Gasteiger charge is 2.01. The van der Waals surface area contributed by atoms with Crippen LogP contribution in [-0.4, -0.2) is 7.05 Å². The number of nitrogens with one attached hydrogen (secondary N) is 1. The minimum atomic E-state index is -0.996. The topological polar surface area (TPSA) is 12.0 Å². The van der Waals surface area contributed by atoms with Crippen LogP contribution in [0, 0.1) is 0 Å². The lowest BCUT2D eigenvalue weighted by Crippen LogP contribution is -1.95. The van der Waals surface area contributed by atoms with Crippen LogP contribution in [0.4, 0.5) is 5.69 Å². The quantitative estimate of drug-likeness (QED) is 0.736. The third kappa shape index (κ3) is 2.52. The van der Waals surface area contributed by atoms with E-state index < -0.39 is 6.63 Å². The fourth-order valence-corrected chi connectivity index (χ4v) is 1.79. The van der Waals surface area contributed by atoms with Gasteiger partial charge in [-0.3, -0.25) is 0 Å². The predicted molar refractivity (Wildman–Crippen MR) is 54.2 cm³/mol. The van der Waals surface area contributed by atoms with Crippen LogP contribution in [-0.2, 0) is 0 Å². The summed E-state index contributed by atoms with van der Waals surface area (Å²) < 4.78 is 0. The Morgan fingerprint density at radius 2 is 1.73 bits per heavy atom. The molecule has 0 bridgehead atoms. The molecule has 0 aliphatic heterocycles. The summed E-state index contributed by atoms with van der Waals surface area (Å²) in [7, 11) is 1.87. The van der Waals surface area contributed by atoms with Gasteiger partial charge in [0.15, 0.2) is 0 Å². The van der Waals surface area contributed by atoms with Crippen molar-refractivity contribution < 1.29 is 0 Å². The van der Waals surface area contributed by atoms with E-state index in [2.05, 4.69) is 5.32 Å². The highest BCUT2D eigenvalue weighted by Crippen LogP contribution is 2.45. The van der Waals surface area contributed by atoms with Gasteiger partial charge in [0.05, 0.1) is 0 Å². The minimum absolute atomic E-state index is 0.988. The molecule has 0 spiro atoms. The van der Waals surface area contributed by atoms with E-state index in [-0.39, 0.29) is 0 Å². The maximum absolute atomic E-state index is 5.71. The van der Waals surface area contributed by atoms with Crippen molar-refractivity contribution >= 4 is 40.1 Å². The van der Waals surface area contributed by atoms with E-state index in [1.807, 2.05) is 31.3 Å². The summed E-state index contributed by atoms with van der Waals surface area (Å²) in [6.45, 7) is -0.996. The monoisotopic (exact) mass is 207 g/mol. The van der Waals surface area contributed by atoms with Gasteiger partial charge in [0.1, 0.15) is 6.63 Å². The van der Waals surface area contributed by atoms with E-state index in [1.165, 1.54) is 0 Å². The van der Waals surface area contributed by atoms with Gasteiger partial charge in [-0.05, 0) is 12.1 Å². The van der Waals surface area contributed by atoms with E-state index >= 15 is 0 Å². The zero-order valence-corrected chi connectivity index (χ0v) is 8.42. The van der Waals surface area contributed by atoms with Gasteiger partial charge in [0.25, 0.3) is 0 Å². The Kier molecular flexibility index (Phi) is 3.45. The summed E-state index contributed by atoms with van der Waals surface area (Å²) in [4.78, 5) is 0. The molecule has 0 unspecified atom stereocenters. The highest BCUT2D eigenvalue weighted by molar-refractivity contribution is 8.08. The maximum atomic E-state index is 5.71. The first-order valence-corrected chi connectivity index (χ1v) is 6.28. The Labute approximate surface area is 77.0 Å². The number of halogens is 2. The van der Waals surface area contributed by atoms with Gasteiger partial charge in [0, 0.05) is 18.0 Å². The van der Waals surface area contributed by atoms with Gasteiger partial charge < -0.3 is 5.32 Å². The average molecular weight is 208 g/mol. The van der Waals surface area contributed by atoms with Crippen molar-refractivity contribution in [3.8, 4) is 0 Å². The molecule has 1 aromatic carbocycles. The Hall–Kier alpha value is 0.0300. The number of benzene rings is 1. The Bertz CT molecular complexity index is 222. The number of anilines is 1. The predicted octanol–water partition coefficient (Wildman–Crippen LogP) is 3.14. The fourth-order valence-electron chi connectivity index (χ4n) is 0.741. The van der Waals surface area contributed by atoms with Gasteiger partial charge in [-0.15, -0.1) is 0 Å². The zero-order valence-electron chi connectivity index (χ0n) is 6.01. The van der Waals surface area contributed by atoms with Crippen molar-refractivity contribution in [2.45, 2.75) is 0 Å². The summed E-state index contributed by atoms with van der Waals surface area (Å²) in [6.07, 6.45) is 0. The molecule has 1 aromatic rings. The van der Waals surface area contributed by atoms with Gasteiger partial charge in [-0.1, -0.05) is 34.6 Å². The lowest BCUT2D eigenvalue weighted by molar-refractivity contribution is 1.53. The summed E-state index contributed by atoms with van der Waals surface area (Å²) in [5.74, 6) is 0. The molecule has 0 saturated heterocycles. The van der Waals surface area contributed by atoms with Crippen LogP contribution >= 0.6 is 29.1 Å². The molecule has 1 rings (SSSR count). The molecule has 4 heteroatoms. The van der Waals surface area contributed by atoms with Gasteiger partial charge >= 0.3 is 0 Å². The molecule has 0 aliphatic rings. The normalized spacial score (nSPS) is 10.2. The first-order chi connectivity index (χ1) is 5.24. The third-order valence-electron chi connectivity index (χ3n) is 1.35. The lowest BCUT2D eigenvalue weighted by Gasteiger charge is -2.02. The van der Waals surface area contributed by atoms with Crippen molar-refractivity contribution in [3.63, 3.8) is 0 Å². The van der Waals surface area contributed by atoms with Crippen molar-refractivity contribution in [3.05, 3.63) is 24.3 Å². The number of rotatable bonds is 2. The Balaban J connectivity index is 2.83. The SMILES string of the molecule is CNc1ccc(P(Cl)Cl)cc1. The first-order valence-electron chi connectivity index (χ1n) is 3.13. The molecule has 11 heavy (non-hydrogen) atoms. The largest absolute Gasteiger partial charge is 0.388 e. The lowest BCUT2D eigenvalue weighted by atomic mass is 10.3. The molecule has 0 atom stereocenters. The average Bonchev–Trinajstić information content (AvgIpc) is 2.05. The molecule has 0 amide bonds. The van der Waals surface area contributed by atoms with Gasteiger partial charge in [-0.2, -0.15) is 0 Å². The standard InChI is InChI=1S/C7H8Cl2NP/c1-10-6-2-4-7(5-3-6)11(8)9/h2-5,10H,1H3. The van der Waals surface area contributed by atoms with Crippen LogP contribution in [0.2, 0.25) is 0 Å². The highest BCUT2D eigenvalue weighted by atomic mass is 35.9. The van der Waals surface area contributed by atoms with E-state index in [0.717, 1.165) is 11.0 Å². The van der Waals surface area contributed by atoms with E-state index in [4.69, 9.17) is 22.5 Å². The van der Waals surface area contributed by atoms with E-state index in [0.29, 0.717) is 0 Å². The molecule has 0 radical (unpaired) electrons. The Morgan fingerprint density at radius 3 is 2.09 bits per heavy atom. The van der Waals surface area contributed by atoms with Gasteiger partial charge in [-0.25, -0.2) is 0 Å². The van der Waals surface area contributed by atoms with Crippen molar-refractivity contribution in [2.24, 2.45) is 0 Å². The van der Waals surface area contributed by atoms with Crippen molar-refractivity contribution in [1.82, 2.24) is 0 Å². The molecular formula is C7H8Cl2NP. The molecule has 1 nitrogen and oxygen atoms in total. The summed E-state index contributed by atoms with van der Waals surface area (Å²) in [6, 6.07) is 7.76. The molecule has 0 aromatic heterocycles. The molecule has 0 aliphatic carbocycles. The molecule has 0 fully saturated rings. The van der Waals surface area contributed by atoms with Crippen LogP contribution in [0.1, 0.15) is 0 Å². The fraction of sp³-hybridized carbons (Fsp3) is 0.143. The summed E-state index contributed by atoms with van der Waals surface area (Å²) in [5, 5.41) is 4.00. The summed E-state index contributed by atoms with van der Waals surface area (Å²) in [5.41, 5.74) is 1.07. The zero-order chi connectivity index (χ0) is 8.27. The van der Waals surface area contributed by atoms with Crippen LogP contribution in [0.5, 0.6) is 0 Å². The van der Waals surface area contributed by atoms with Crippen LogP contribution in [0.15, 0.2) is 24.3 Å². The van der Waals surface area contributed by atoms with Crippen LogP contribution < -0.4 is 10.6 Å². The van der Waals surface area contributed by atoms with Crippen molar-refractivity contribution in [1.29, 1.82) is 0 Å². The molecule has 1 N–H and O–H groups in total. The van der Waals surface area contributed by atoms with Crippen LogP contribution in [0.25, 0.3) is 0 Å². The number of hydrogen-bond donors (Lipinski definition) is 1. The maximum Gasteiger partial charge on any atom is 0.116 e. The third-order valence-corrected chi connectivity index (χ3v) is 3.21. The van der Waals surface area contributed by atoms with Crippen LogP contribution in [0.3, 0.4) is 0 Å². The Morgan fingerprint density at radius 1 is 1.18 bits per heavy atom. The molecule has 0 heterocycles. The van der Waals surface area contributed by atoms with Crippen molar-refractivity contribution in [2.75, 3.05) is 12.4 Å². The second-order valence-electron chi connectivity index (χ2n) is 2.03. The smallest absolute Gasteiger partial charge is 0.116 e. The second kappa shape index (κ2) is 4.15. The second-order valence-corrected chi connectivity index (χ2v) is 5.56. The minimum Gasteiger partial charge on any atom is -0.388 e. The molecule has 60 valence electrons.